The van der Waals surface area contributed by atoms with Gasteiger partial charge in [0, 0.05) is 33.3 Å². The summed E-state index contributed by atoms with van der Waals surface area (Å²) in [6.07, 6.45) is 0. The number of benzene rings is 18. The van der Waals surface area contributed by atoms with Crippen molar-refractivity contribution in [2.75, 3.05) is 0 Å². The number of hydrogen-bond acceptors (Lipinski definition) is 6. The minimum absolute atomic E-state index is 0.400. The van der Waals surface area contributed by atoms with E-state index < -0.39 is 7.12 Å². The quantitative estimate of drug-likeness (QED) is 0.0893. The molecule has 20 rings (SSSR count). The fraction of sp³-hybridized carbons (Fsp3) is 0. The number of nitrogens with zero attached hydrogens (tertiary/aromatic N) is 4. The molecule has 2 heterocycles. The Kier molecular flexibility index (Phi) is 16.5. The minimum Gasteiger partial charge on any atom is -0.436 e. The fourth-order valence-corrected chi connectivity index (χ4v) is 15.2. The van der Waals surface area contributed by atoms with Crippen LogP contribution in [-0.2, 0) is 0 Å². The van der Waals surface area contributed by atoms with Crippen LogP contribution in [-0.4, -0.2) is 27.1 Å². The summed E-state index contributed by atoms with van der Waals surface area (Å²) < 4.78 is 13.0. The van der Waals surface area contributed by atoms with Gasteiger partial charge < -0.3 is 18.9 Å². The molecule has 0 saturated carbocycles. The molecule has 2 aromatic heterocycles. The van der Waals surface area contributed by atoms with Crippen LogP contribution in [0.3, 0.4) is 0 Å². The van der Waals surface area contributed by atoms with Crippen LogP contribution < -0.4 is 5.46 Å². The van der Waals surface area contributed by atoms with Crippen LogP contribution in [0.1, 0.15) is 0 Å². The highest BCUT2D eigenvalue weighted by Gasteiger charge is 2.22. The SMILES string of the molecule is Clc1cc(-c2cc3ccccc3c3ccccc23)c2nc(-c3ccc(-c4cc5ccccc5c5ccccc45)cc3)oc2c1.[C-]#[N+]c1ccc(-c2cc(-c3cc4ccccc4c4ccccc34)c3nc(-c4ccc(-c5cc6ccccc6c6ccccc56)cc4)oc3c2)cc1.[C-]#[N+]c1ccc(B(O)O)cc1. The number of oxazole rings is 2. The van der Waals surface area contributed by atoms with Gasteiger partial charge in [-0.3, -0.25) is 0 Å². The molecule has 106 heavy (non-hydrogen) atoms. The first-order valence-electron chi connectivity index (χ1n) is 34.9. The maximum absolute atomic E-state index is 8.67. The molecule has 0 bridgehead atoms. The number of hydrogen-bond donors (Lipinski definition) is 2. The second kappa shape index (κ2) is 27.2. The third-order valence-electron chi connectivity index (χ3n) is 20.1. The van der Waals surface area contributed by atoms with Gasteiger partial charge in [0.25, 0.3) is 0 Å². The van der Waals surface area contributed by atoms with Crippen molar-refractivity contribution in [2.24, 2.45) is 0 Å². The van der Waals surface area contributed by atoms with Crippen LogP contribution in [0.25, 0.3) is 197 Å². The van der Waals surface area contributed by atoms with Crippen molar-refractivity contribution in [3.05, 3.63) is 368 Å². The monoisotopic (exact) mass is 1380 g/mol. The van der Waals surface area contributed by atoms with Gasteiger partial charge in [0.2, 0.25) is 11.8 Å². The molecule has 0 aliphatic carbocycles. The van der Waals surface area contributed by atoms with Crippen molar-refractivity contribution in [1.82, 2.24) is 9.97 Å². The first kappa shape index (κ1) is 64.3. The second-order valence-electron chi connectivity index (χ2n) is 26.4. The molecule has 0 aliphatic heterocycles. The van der Waals surface area contributed by atoms with Crippen molar-refractivity contribution in [3.8, 4) is 78.5 Å². The van der Waals surface area contributed by atoms with E-state index in [-0.39, 0.29) is 0 Å². The lowest BCUT2D eigenvalue weighted by Gasteiger charge is -2.13. The summed E-state index contributed by atoms with van der Waals surface area (Å²) >= 11 is 6.69. The molecule has 0 atom stereocenters. The second-order valence-corrected chi connectivity index (χ2v) is 26.8. The minimum atomic E-state index is -1.45. The molecule has 2 N–H and O–H groups in total. The van der Waals surface area contributed by atoms with Crippen LogP contribution in [0.2, 0.25) is 5.02 Å². The molecule has 0 amide bonds. The lowest BCUT2D eigenvalue weighted by molar-refractivity contribution is 0.426. The average molecular weight is 1380 g/mol. The lowest BCUT2D eigenvalue weighted by atomic mass is 9.80. The number of aromatic nitrogens is 2. The molecule has 20 aromatic rings. The summed E-state index contributed by atoms with van der Waals surface area (Å²) in [6, 6.07) is 117. The standard InChI is InChI=1S/C48H28N2O.C41H24ClNO.C7H6BNO2/c1-49-36-24-22-30(23-25-36)35-28-45(44-27-34-11-3-5-13-38(34)40-15-7-9-17-42(40)44)47-46(29-35)51-48(50-47)32-20-18-31(19-21-32)43-26-33-10-2-4-12-37(33)39-14-6-8-16-41(39)43;42-29-23-38(37-22-28-10-2-4-12-31(28)33-14-6-8-16-35(33)37)40-39(24-29)44-41(43-40)26-19-17-25(18-20-26)36-21-27-9-1-3-11-30(27)32-13-5-7-15-34(32)36;1-9-7-4-2-6(3-5-7)8(10)11/h2-29H;1-24H;2-5,10-11H. The van der Waals surface area contributed by atoms with Crippen LogP contribution in [0.15, 0.2) is 349 Å². The van der Waals surface area contributed by atoms with Crippen molar-refractivity contribution in [3.63, 3.8) is 0 Å². The van der Waals surface area contributed by atoms with Crippen molar-refractivity contribution in [1.29, 1.82) is 0 Å². The maximum Gasteiger partial charge on any atom is 0.488 e. The highest BCUT2D eigenvalue weighted by atomic mass is 35.5. The Morgan fingerprint density at radius 2 is 0.575 bits per heavy atom. The summed E-state index contributed by atoms with van der Waals surface area (Å²) in [5, 5.41) is 37.4. The normalized spacial score (nSPS) is 11.3. The first-order chi connectivity index (χ1) is 52.2. The zero-order valence-corrected chi connectivity index (χ0v) is 57.5. The van der Waals surface area contributed by atoms with Crippen LogP contribution >= 0.6 is 11.6 Å². The van der Waals surface area contributed by atoms with E-state index in [1.54, 1.807) is 12.1 Å². The Hall–Kier alpha value is -13.8. The molecule has 0 fully saturated rings. The molecule has 0 saturated heterocycles. The number of rotatable bonds is 8. The predicted molar refractivity (Wildman–Crippen MR) is 440 cm³/mol. The molecular formula is C96H58BClN4O4. The van der Waals surface area contributed by atoms with E-state index in [0.29, 0.717) is 44.8 Å². The summed E-state index contributed by atoms with van der Waals surface area (Å²) in [4.78, 5) is 17.0. The molecule has 496 valence electrons. The van der Waals surface area contributed by atoms with E-state index in [0.717, 1.165) is 77.4 Å². The maximum atomic E-state index is 8.67. The van der Waals surface area contributed by atoms with Gasteiger partial charge in [0.1, 0.15) is 11.0 Å². The molecule has 18 aromatic carbocycles. The number of fused-ring (bicyclic) bond motifs is 14. The van der Waals surface area contributed by atoms with Gasteiger partial charge in [0.15, 0.2) is 22.5 Å². The van der Waals surface area contributed by atoms with Crippen molar-refractivity contribution < 1.29 is 18.9 Å². The Morgan fingerprint density at radius 3 is 0.953 bits per heavy atom. The number of halogens is 1. The van der Waals surface area contributed by atoms with Crippen molar-refractivity contribution >= 4 is 144 Å². The molecule has 8 nitrogen and oxygen atoms in total. The Bertz CT molecular complexity index is 6960. The highest BCUT2D eigenvalue weighted by Crippen LogP contribution is 2.45. The van der Waals surface area contributed by atoms with Gasteiger partial charge in [-0.05, 0) is 203 Å². The molecule has 0 aliphatic rings. The third-order valence-corrected chi connectivity index (χ3v) is 20.4. The van der Waals surface area contributed by atoms with E-state index in [2.05, 4.69) is 289 Å². The van der Waals surface area contributed by atoms with Gasteiger partial charge in [-0.1, -0.05) is 279 Å². The first-order valence-corrected chi connectivity index (χ1v) is 35.3. The highest BCUT2D eigenvalue weighted by molar-refractivity contribution is 6.58. The van der Waals surface area contributed by atoms with Gasteiger partial charge in [-0.2, -0.15) is 0 Å². The topological polar surface area (TPSA) is 101 Å². The van der Waals surface area contributed by atoms with E-state index in [9.17, 15) is 0 Å². The third kappa shape index (κ3) is 11.9. The van der Waals surface area contributed by atoms with E-state index in [1.807, 2.05) is 36.4 Å². The molecular weight excluding hydrogens is 1320 g/mol. The van der Waals surface area contributed by atoms with E-state index >= 15 is 0 Å². The van der Waals surface area contributed by atoms with Crippen LogP contribution in [0, 0.1) is 13.1 Å². The van der Waals surface area contributed by atoms with Gasteiger partial charge in [-0.25, -0.2) is 19.7 Å². The van der Waals surface area contributed by atoms with Gasteiger partial charge >= 0.3 is 7.12 Å². The Labute approximate surface area is 615 Å². The van der Waals surface area contributed by atoms with Crippen molar-refractivity contribution in [2.45, 2.75) is 0 Å². The smallest absolute Gasteiger partial charge is 0.436 e. The average Bonchev–Trinajstić information content (AvgIpc) is 1.33. The summed E-state index contributed by atoms with van der Waals surface area (Å²) in [5.74, 6) is 1.15. The van der Waals surface area contributed by atoms with Crippen LogP contribution in [0.4, 0.5) is 11.4 Å². The summed E-state index contributed by atoms with van der Waals surface area (Å²) in [7, 11) is -1.45. The molecule has 0 spiro atoms. The lowest BCUT2D eigenvalue weighted by Crippen LogP contribution is -2.29. The van der Waals surface area contributed by atoms with Gasteiger partial charge in [-0.15, -0.1) is 0 Å². The molecule has 0 unspecified atom stereocenters. The van der Waals surface area contributed by atoms with Crippen LogP contribution in [0.5, 0.6) is 0 Å². The summed E-state index contributed by atoms with van der Waals surface area (Å²) in [5.41, 5.74) is 17.2. The summed E-state index contributed by atoms with van der Waals surface area (Å²) in [6.45, 7) is 14.1. The van der Waals surface area contributed by atoms with Gasteiger partial charge in [0.05, 0.1) is 13.1 Å². The Balaban J connectivity index is 0.000000132. The van der Waals surface area contributed by atoms with E-state index in [4.69, 9.17) is 53.6 Å². The Morgan fingerprint density at radius 1 is 0.274 bits per heavy atom. The molecule has 10 heteroatoms. The fourth-order valence-electron chi connectivity index (χ4n) is 15.0. The van der Waals surface area contributed by atoms with E-state index in [1.165, 1.54) is 98.7 Å². The zero-order chi connectivity index (χ0) is 71.4. The zero-order valence-electron chi connectivity index (χ0n) is 56.8. The largest absolute Gasteiger partial charge is 0.488 e. The molecule has 0 radical (unpaired) electrons. The predicted octanol–water partition coefficient (Wildman–Crippen LogP) is 25.7.